The molecule has 0 aliphatic carbocycles. The number of nitrogens with one attached hydrogen (secondary N) is 2. The highest BCUT2D eigenvalue weighted by Gasteiger charge is 2.29. The molecule has 0 spiro atoms. The molecule has 0 radical (unpaired) electrons. The van der Waals surface area contributed by atoms with Gasteiger partial charge in [0.25, 0.3) is 0 Å². The van der Waals surface area contributed by atoms with Gasteiger partial charge in [-0.25, -0.2) is 4.68 Å². The highest BCUT2D eigenvalue weighted by atomic mass is 16.5. The molecule has 0 bridgehead atoms. The summed E-state index contributed by atoms with van der Waals surface area (Å²) in [5.74, 6) is 0.781. The van der Waals surface area contributed by atoms with Crippen LogP contribution in [0.5, 0.6) is 0 Å². The molecule has 0 saturated carbocycles. The van der Waals surface area contributed by atoms with Crippen LogP contribution in [0.1, 0.15) is 31.0 Å². The Kier molecular flexibility index (Phi) is 5.38. The predicted octanol–water partition coefficient (Wildman–Crippen LogP) is 2.41. The SMILES string of the molecule is CN=C(NCc1ccccc1-n1ccc(C)n1)NCC1(C)CCCO1. The maximum absolute atomic E-state index is 5.82. The van der Waals surface area contributed by atoms with Gasteiger partial charge in [0, 0.05) is 32.9 Å². The van der Waals surface area contributed by atoms with Crippen molar-refractivity contribution in [3.63, 3.8) is 0 Å². The fourth-order valence-corrected chi connectivity index (χ4v) is 3.08. The third-order valence-corrected chi connectivity index (χ3v) is 4.56. The number of aliphatic imine (C=N–C) groups is 1. The number of guanidine groups is 1. The second-order valence-corrected chi connectivity index (χ2v) is 6.71. The van der Waals surface area contributed by atoms with Crippen molar-refractivity contribution < 1.29 is 4.74 Å². The van der Waals surface area contributed by atoms with E-state index in [0.717, 1.165) is 48.9 Å². The average Bonchev–Trinajstić information content (AvgIpc) is 3.24. The van der Waals surface area contributed by atoms with Gasteiger partial charge in [-0.05, 0) is 44.4 Å². The van der Waals surface area contributed by atoms with E-state index in [1.165, 1.54) is 0 Å². The van der Waals surface area contributed by atoms with Gasteiger partial charge in [-0.2, -0.15) is 5.10 Å². The molecular weight excluding hydrogens is 314 g/mol. The van der Waals surface area contributed by atoms with Crippen LogP contribution in [0.15, 0.2) is 41.5 Å². The second-order valence-electron chi connectivity index (χ2n) is 6.71. The molecule has 2 heterocycles. The van der Waals surface area contributed by atoms with Gasteiger partial charge in [0.05, 0.1) is 17.0 Å². The molecule has 1 fully saturated rings. The normalized spacial score (nSPS) is 20.7. The first-order valence-corrected chi connectivity index (χ1v) is 8.79. The largest absolute Gasteiger partial charge is 0.373 e. The molecule has 1 atom stereocenters. The van der Waals surface area contributed by atoms with Crippen molar-refractivity contribution in [1.29, 1.82) is 0 Å². The molecule has 2 aromatic rings. The molecule has 25 heavy (non-hydrogen) atoms. The maximum Gasteiger partial charge on any atom is 0.191 e. The van der Waals surface area contributed by atoms with Gasteiger partial charge in [0.15, 0.2) is 5.96 Å². The minimum Gasteiger partial charge on any atom is -0.373 e. The molecule has 1 aromatic carbocycles. The molecule has 1 unspecified atom stereocenters. The van der Waals surface area contributed by atoms with Gasteiger partial charge in [-0.1, -0.05) is 18.2 Å². The average molecular weight is 341 g/mol. The lowest BCUT2D eigenvalue weighted by Crippen LogP contribution is -2.45. The van der Waals surface area contributed by atoms with E-state index in [9.17, 15) is 0 Å². The highest BCUT2D eigenvalue weighted by molar-refractivity contribution is 5.79. The van der Waals surface area contributed by atoms with Crippen LogP contribution in [0.4, 0.5) is 0 Å². The van der Waals surface area contributed by atoms with Crippen LogP contribution >= 0.6 is 0 Å². The van der Waals surface area contributed by atoms with E-state index in [-0.39, 0.29) is 5.60 Å². The first kappa shape index (κ1) is 17.5. The van der Waals surface area contributed by atoms with Gasteiger partial charge in [0.1, 0.15) is 0 Å². The fraction of sp³-hybridized carbons (Fsp3) is 0.474. The fourth-order valence-electron chi connectivity index (χ4n) is 3.08. The van der Waals surface area contributed by atoms with Crippen molar-refractivity contribution in [3.05, 3.63) is 47.8 Å². The Bertz CT molecular complexity index is 731. The number of ether oxygens (including phenoxy) is 1. The van der Waals surface area contributed by atoms with Crippen LogP contribution in [0, 0.1) is 6.92 Å². The van der Waals surface area contributed by atoms with Gasteiger partial charge >= 0.3 is 0 Å². The number of nitrogens with zero attached hydrogens (tertiary/aromatic N) is 3. The van der Waals surface area contributed by atoms with Crippen molar-refractivity contribution >= 4 is 5.96 Å². The number of para-hydroxylation sites is 1. The predicted molar refractivity (Wildman–Crippen MR) is 100 cm³/mol. The molecule has 6 heteroatoms. The lowest BCUT2D eigenvalue weighted by molar-refractivity contribution is 0.0243. The van der Waals surface area contributed by atoms with E-state index in [4.69, 9.17) is 4.74 Å². The maximum atomic E-state index is 5.82. The zero-order valence-electron chi connectivity index (χ0n) is 15.2. The lowest BCUT2D eigenvalue weighted by Gasteiger charge is -2.24. The summed E-state index contributed by atoms with van der Waals surface area (Å²) in [4.78, 5) is 4.32. The summed E-state index contributed by atoms with van der Waals surface area (Å²) in [6.07, 6.45) is 4.19. The van der Waals surface area contributed by atoms with Crippen molar-refractivity contribution in [2.24, 2.45) is 4.99 Å². The van der Waals surface area contributed by atoms with Crippen LogP contribution in [0.25, 0.3) is 5.69 Å². The molecule has 1 aromatic heterocycles. The number of rotatable bonds is 5. The van der Waals surface area contributed by atoms with Crippen LogP contribution in [0.3, 0.4) is 0 Å². The van der Waals surface area contributed by atoms with Gasteiger partial charge in [-0.15, -0.1) is 0 Å². The number of hydrogen-bond donors (Lipinski definition) is 2. The van der Waals surface area contributed by atoms with Crippen molar-refractivity contribution in [2.45, 2.75) is 38.8 Å². The number of benzene rings is 1. The smallest absolute Gasteiger partial charge is 0.191 e. The lowest BCUT2D eigenvalue weighted by atomic mass is 10.0. The molecule has 1 aliphatic rings. The minimum absolute atomic E-state index is 0.0951. The molecule has 2 N–H and O–H groups in total. The summed E-state index contributed by atoms with van der Waals surface area (Å²) in [5.41, 5.74) is 3.15. The Hall–Kier alpha value is -2.34. The second kappa shape index (κ2) is 7.70. The van der Waals surface area contributed by atoms with Gasteiger partial charge in [-0.3, -0.25) is 4.99 Å². The summed E-state index contributed by atoms with van der Waals surface area (Å²) in [6, 6.07) is 10.3. The molecule has 1 aliphatic heterocycles. The number of hydrogen-bond acceptors (Lipinski definition) is 3. The Morgan fingerprint density at radius 3 is 2.84 bits per heavy atom. The quantitative estimate of drug-likeness (QED) is 0.648. The third-order valence-electron chi connectivity index (χ3n) is 4.56. The monoisotopic (exact) mass is 341 g/mol. The van der Waals surface area contributed by atoms with E-state index in [1.807, 2.05) is 36.0 Å². The summed E-state index contributed by atoms with van der Waals surface area (Å²) in [7, 11) is 1.79. The van der Waals surface area contributed by atoms with E-state index < -0.39 is 0 Å². The van der Waals surface area contributed by atoms with Gasteiger partial charge < -0.3 is 15.4 Å². The first-order valence-electron chi connectivity index (χ1n) is 8.79. The summed E-state index contributed by atoms with van der Waals surface area (Å²) >= 11 is 0. The molecule has 134 valence electrons. The van der Waals surface area contributed by atoms with Crippen molar-refractivity contribution in [2.75, 3.05) is 20.2 Å². The van der Waals surface area contributed by atoms with Crippen molar-refractivity contribution in [1.82, 2.24) is 20.4 Å². The zero-order chi connectivity index (χ0) is 17.7. The third kappa shape index (κ3) is 4.39. The van der Waals surface area contributed by atoms with Gasteiger partial charge in [0.2, 0.25) is 0 Å². The molecule has 1 saturated heterocycles. The Labute approximate surface area is 149 Å². The zero-order valence-corrected chi connectivity index (χ0v) is 15.2. The van der Waals surface area contributed by atoms with Crippen molar-refractivity contribution in [3.8, 4) is 5.69 Å². The molecular formula is C19H27N5O. The number of aromatic nitrogens is 2. The van der Waals surface area contributed by atoms with Crippen LogP contribution < -0.4 is 10.6 Å². The Morgan fingerprint density at radius 1 is 1.32 bits per heavy atom. The minimum atomic E-state index is -0.0951. The van der Waals surface area contributed by atoms with Crippen LogP contribution in [0.2, 0.25) is 0 Å². The molecule has 3 rings (SSSR count). The highest BCUT2D eigenvalue weighted by Crippen LogP contribution is 2.23. The summed E-state index contributed by atoms with van der Waals surface area (Å²) in [6.45, 7) is 6.42. The molecule has 0 amide bonds. The van der Waals surface area contributed by atoms with E-state index in [2.05, 4.69) is 39.8 Å². The topological polar surface area (TPSA) is 63.5 Å². The van der Waals surface area contributed by atoms with E-state index in [0.29, 0.717) is 6.54 Å². The first-order chi connectivity index (χ1) is 12.1. The summed E-state index contributed by atoms with van der Waals surface area (Å²) < 4.78 is 7.73. The molecule has 6 nitrogen and oxygen atoms in total. The van der Waals surface area contributed by atoms with Crippen LogP contribution in [-0.4, -0.2) is 41.5 Å². The van der Waals surface area contributed by atoms with Crippen LogP contribution in [-0.2, 0) is 11.3 Å². The standard InChI is InChI=1S/C19H27N5O/c1-15-9-11-24(23-15)17-8-5-4-7-16(17)13-21-18(20-3)22-14-19(2)10-6-12-25-19/h4-5,7-9,11H,6,10,12-14H2,1-3H3,(H2,20,21,22). The van der Waals surface area contributed by atoms with E-state index in [1.54, 1.807) is 7.05 Å². The Balaban J connectivity index is 1.62. The van der Waals surface area contributed by atoms with E-state index >= 15 is 0 Å². The Morgan fingerprint density at radius 2 is 2.16 bits per heavy atom. The number of aryl methyl sites for hydroxylation is 1. The summed E-state index contributed by atoms with van der Waals surface area (Å²) in [5, 5.41) is 11.3.